The van der Waals surface area contributed by atoms with E-state index < -0.39 is 15.9 Å². The fourth-order valence-corrected chi connectivity index (χ4v) is 5.44. The Hall–Kier alpha value is -2.09. The molecule has 0 aromatic heterocycles. The van der Waals surface area contributed by atoms with Crippen LogP contribution in [0.1, 0.15) is 42.1 Å². The first-order valence-corrected chi connectivity index (χ1v) is 11.3. The smallest absolute Gasteiger partial charge is 0.256 e. The molecule has 1 amide bonds. The SMILES string of the molecule is COc1ccc(Cl)cc1NC(=O)c1cc(S(=O)(=O)N2CCCCC2C)ccc1C. The van der Waals surface area contributed by atoms with Crippen molar-refractivity contribution in [2.75, 3.05) is 19.0 Å². The van der Waals surface area contributed by atoms with Gasteiger partial charge in [0.15, 0.2) is 0 Å². The number of sulfonamides is 1. The highest BCUT2D eigenvalue weighted by atomic mass is 35.5. The first kappa shape index (κ1) is 21.6. The van der Waals surface area contributed by atoms with E-state index in [9.17, 15) is 13.2 Å². The maximum Gasteiger partial charge on any atom is 0.256 e. The Morgan fingerprint density at radius 2 is 1.97 bits per heavy atom. The minimum atomic E-state index is -3.67. The fourth-order valence-electron chi connectivity index (χ4n) is 3.54. The number of nitrogens with zero attached hydrogens (tertiary/aromatic N) is 1. The second-order valence-corrected chi connectivity index (χ2v) is 9.56. The van der Waals surface area contributed by atoms with Crippen LogP contribution in [-0.4, -0.2) is 38.3 Å². The Labute approximate surface area is 176 Å². The number of rotatable bonds is 5. The van der Waals surface area contributed by atoms with Gasteiger partial charge in [0, 0.05) is 23.2 Å². The second-order valence-electron chi connectivity index (χ2n) is 7.24. The molecule has 0 radical (unpaired) electrons. The molecular weight excluding hydrogens is 412 g/mol. The van der Waals surface area contributed by atoms with Gasteiger partial charge in [-0.05, 0) is 62.6 Å². The molecule has 1 N–H and O–H groups in total. The number of nitrogens with one attached hydrogen (secondary N) is 1. The van der Waals surface area contributed by atoms with Crippen molar-refractivity contribution in [2.45, 2.75) is 44.0 Å². The minimum absolute atomic E-state index is 0.0527. The van der Waals surface area contributed by atoms with Gasteiger partial charge in [-0.1, -0.05) is 24.1 Å². The summed E-state index contributed by atoms with van der Waals surface area (Å²) in [6, 6.07) is 9.51. The van der Waals surface area contributed by atoms with Crippen LogP contribution in [0.3, 0.4) is 0 Å². The van der Waals surface area contributed by atoms with Crippen LogP contribution in [0, 0.1) is 6.92 Å². The van der Waals surface area contributed by atoms with Gasteiger partial charge in [0.25, 0.3) is 5.91 Å². The second kappa shape index (κ2) is 8.73. The van der Waals surface area contributed by atoms with Crippen LogP contribution in [0.25, 0.3) is 0 Å². The standard InChI is InChI=1S/C21H25ClN2O4S/c1-14-7-9-17(29(26,27)24-11-5-4-6-15(24)2)13-18(14)21(25)23-19-12-16(22)8-10-20(19)28-3/h7-10,12-13,15H,4-6,11H2,1-3H3,(H,23,25). The summed E-state index contributed by atoms with van der Waals surface area (Å²) in [5.74, 6) is 0.0399. The zero-order valence-corrected chi connectivity index (χ0v) is 18.3. The topological polar surface area (TPSA) is 75.7 Å². The normalized spacial score (nSPS) is 17.7. The molecular formula is C21H25ClN2O4S. The summed E-state index contributed by atoms with van der Waals surface area (Å²) in [5, 5.41) is 3.22. The van der Waals surface area contributed by atoms with E-state index in [-0.39, 0.29) is 16.5 Å². The van der Waals surface area contributed by atoms with Gasteiger partial charge in [-0.2, -0.15) is 4.31 Å². The Morgan fingerprint density at radius 1 is 1.21 bits per heavy atom. The van der Waals surface area contributed by atoms with Gasteiger partial charge in [0.1, 0.15) is 5.75 Å². The molecule has 0 saturated carbocycles. The van der Waals surface area contributed by atoms with Gasteiger partial charge in [-0.3, -0.25) is 4.79 Å². The molecule has 1 fully saturated rings. The number of methoxy groups -OCH3 is 1. The Morgan fingerprint density at radius 3 is 2.66 bits per heavy atom. The van der Waals surface area contributed by atoms with E-state index in [4.69, 9.17) is 16.3 Å². The average Bonchev–Trinajstić information content (AvgIpc) is 2.68. The van der Waals surface area contributed by atoms with Crippen molar-refractivity contribution >= 4 is 33.2 Å². The molecule has 1 unspecified atom stereocenters. The highest BCUT2D eigenvalue weighted by Crippen LogP contribution is 2.30. The Bertz CT molecular complexity index is 1020. The van der Waals surface area contributed by atoms with Crippen LogP contribution in [0.2, 0.25) is 5.02 Å². The predicted octanol–water partition coefficient (Wildman–Crippen LogP) is 4.47. The number of ether oxygens (including phenoxy) is 1. The van der Waals surface area contributed by atoms with Crippen LogP contribution in [0.4, 0.5) is 5.69 Å². The van der Waals surface area contributed by atoms with Crippen molar-refractivity contribution in [3.63, 3.8) is 0 Å². The molecule has 8 heteroatoms. The lowest BCUT2D eigenvalue weighted by atomic mass is 10.1. The molecule has 0 spiro atoms. The van der Waals surface area contributed by atoms with Crippen molar-refractivity contribution in [3.05, 3.63) is 52.5 Å². The number of hydrogen-bond acceptors (Lipinski definition) is 4. The van der Waals surface area contributed by atoms with Crippen molar-refractivity contribution in [1.82, 2.24) is 4.31 Å². The molecule has 2 aromatic rings. The summed E-state index contributed by atoms with van der Waals surface area (Å²) in [4.78, 5) is 13.0. The molecule has 1 atom stereocenters. The molecule has 3 rings (SSSR count). The number of hydrogen-bond donors (Lipinski definition) is 1. The van der Waals surface area contributed by atoms with Gasteiger partial charge < -0.3 is 10.1 Å². The number of carbonyl (C=O) groups excluding carboxylic acids is 1. The number of benzene rings is 2. The Balaban J connectivity index is 1.93. The Kier molecular flexibility index (Phi) is 6.51. The van der Waals surface area contributed by atoms with E-state index >= 15 is 0 Å². The van der Waals surface area contributed by atoms with Gasteiger partial charge >= 0.3 is 0 Å². The number of halogens is 1. The summed E-state index contributed by atoms with van der Waals surface area (Å²) in [7, 11) is -2.17. The van der Waals surface area contributed by atoms with E-state index in [2.05, 4.69) is 5.32 Å². The number of carbonyl (C=O) groups is 1. The summed E-state index contributed by atoms with van der Waals surface area (Å²) >= 11 is 6.03. The maximum atomic E-state index is 13.1. The quantitative estimate of drug-likeness (QED) is 0.750. The van der Waals surface area contributed by atoms with Crippen LogP contribution >= 0.6 is 11.6 Å². The molecule has 156 valence electrons. The van der Waals surface area contributed by atoms with Gasteiger partial charge in [-0.25, -0.2) is 8.42 Å². The lowest BCUT2D eigenvalue weighted by molar-refractivity contribution is 0.102. The third-order valence-electron chi connectivity index (χ3n) is 5.21. The van der Waals surface area contributed by atoms with E-state index in [1.54, 1.807) is 37.3 Å². The molecule has 6 nitrogen and oxygen atoms in total. The third kappa shape index (κ3) is 4.57. The molecule has 1 aliphatic heterocycles. The summed E-state index contributed by atoms with van der Waals surface area (Å²) < 4.78 is 33.1. The molecule has 2 aromatic carbocycles. The number of aryl methyl sites for hydroxylation is 1. The van der Waals surface area contributed by atoms with Crippen molar-refractivity contribution < 1.29 is 17.9 Å². The number of piperidine rings is 1. The third-order valence-corrected chi connectivity index (χ3v) is 7.46. The maximum absolute atomic E-state index is 13.1. The molecule has 1 aliphatic rings. The van der Waals surface area contributed by atoms with Gasteiger partial charge in [0.2, 0.25) is 10.0 Å². The van der Waals surface area contributed by atoms with E-state index in [1.165, 1.54) is 17.5 Å². The summed E-state index contributed by atoms with van der Waals surface area (Å²) in [5.41, 5.74) is 1.38. The minimum Gasteiger partial charge on any atom is -0.495 e. The van der Waals surface area contributed by atoms with Crippen molar-refractivity contribution in [3.8, 4) is 5.75 Å². The van der Waals surface area contributed by atoms with Crippen LogP contribution < -0.4 is 10.1 Å². The summed E-state index contributed by atoms with van der Waals surface area (Å²) in [6.45, 7) is 4.19. The average molecular weight is 437 g/mol. The van der Waals surface area contributed by atoms with Crippen LogP contribution in [0.15, 0.2) is 41.3 Å². The zero-order chi connectivity index (χ0) is 21.2. The monoisotopic (exact) mass is 436 g/mol. The summed E-state index contributed by atoms with van der Waals surface area (Å²) in [6.07, 6.45) is 2.71. The lowest BCUT2D eigenvalue weighted by Gasteiger charge is -2.32. The number of amides is 1. The van der Waals surface area contributed by atoms with Crippen LogP contribution in [0.5, 0.6) is 5.75 Å². The van der Waals surface area contributed by atoms with E-state index in [0.29, 0.717) is 28.6 Å². The fraction of sp³-hybridized carbons (Fsp3) is 0.381. The lowest BCUT2D eigenvalue weighted by Crippen LogP contribution is -2.42. The number of anilines is 1. The van der Waals surface area contributed by atoms with E-state index in [1.807, 2.05) is 6.92 Å². The van der Waals surface area contributed by atoms with Crippen LogP contribution in [-0.2, 0) is 10.0 Å². The van der Waals surface area contributed by atoms with Gasteiger partial charge in [0.05, 0.1) is 17.7 Å². The molecule has 29 heavy (non-hydrogen) atoms. The van der Waals surface area contributed by atoms with Crippen molar-refractivity contribution in [1.29, 1.82) is 0 Å². The van der Waals surface area contributed by atoms with Gasteiger partial charge in [-0.15, -0.1) is 0 Å². The molecule has 0 aliphatic carbocycles. The molecule has 1 saturated heterocycles. The highest BCUT2D eigenvalue weighted by Gasteiger charge is 2.31. The highest BCUT2D eigenvalue weighted by molar-refractivity contribution is 7.89. The molecule has 0 bridgehead atoms. The first-order valence-electron chi connectivity index (χ1n) is 9.51. The zero-order valence-electron chi connectivity index (χ0n) is 16.7. The first-order chi connectivity index (χ1) is 13.7. The van der Waals surface area contributed by atoms with E-state index in [0.717, 1.165) is 19.3 Å². The predicted molar refractivity (Wildman–Crippen MR) is 114 cm³/mol. The van der Waals surface area contributed by atoms with Crippen molar-refractivity contribution in [2.24, 2.45) is 0 Å². The largest absolute Gasteiger partial charge is 0.495 e. The molecule has 1 heterocycles.